The summed E-state index contributed by atoms with van der Waals surface area (Å²) in [6.07, 6.45) is 2.87. The van der Waals surface area contributed by atoms with Gasteiger partial charge in [-0.15, -0.1) is 0 Å². The molecule has 0 aliphatic carbocycles. The number of hydrogen-bond acceptors (Lipinski definition) is 2. The van der Waals surface area contributed by atoms with Gasteiger partial charge in [0.2, 0.25) is 0 Å². The van der Waals surface area contributed by atoms with Crippen LogP contribution >= 0.6 is 0 Å². The van der Waals surface area contributed by atoms with Crippen molar-refractivity contribution in [2.45, 2.75) is 45.7 Å². The van der Waals surface area contributed by atoms with Crippen molar-refractivity contribution in [3.8, 4) is 0 Å². The Labute approximate surface area is 150 Å². The van der Waals surface area contributed by atoms with Crippen molar-refractivity contribution in [1.29, 1.82) is 0 Å². The molecule has 25 heavy (non-hydrogen) atoms. The molecule has 0 N–H and O–H groups in total. The van der Waals surface area contributed by atoms with E-state index in [-0.39, 0.29) is 11.9 Å². The molecule has 0 saturated carbocycles. The summed E-state index contributed by atoms with van der Waals surface area (Å²) >= 11 is 0. The molecule has 1 atom stereocenters. The van der Waals surface area contributed by atoms with Gasteiger partial charge in [0.15, 0.2) is 0 Å². The van der Waals surface area contributed by atoms with Gasteiger partial charge in [0, 0.05) is 25.8 Å². The number of carbonyl (C=O) groups excluding carboxylic acids is 1. The molecule has 2 aromatic carbocycles. The largest absolute Gasteiger partial charge is 0.385 e. The molecular weight excluding hydrogens is 310 g/mol. The number of ether oxygens (including phenoxy) is 1. The normalized spacial score (nSPS) is 14.7. The SMILES string of the molecule is CCc1ccc(C(CCOC)N2Cc3ccccc3C2=O)cc1CC. The third-order valence-corrected chi connectivity index (χ3v) is 5.20. The molecule has 3 heteroatoms. The van der Waals surface area contributed by atoms with Gasteiger partial charge in [-0.25, -0.2) is 0 Å². The first-order chi connectivity index (χ1) is 12.2. The lowest BCUT2D eigenvalue weighted by Crippen LogP contribution is -2.30. The van der Waals surface area contributed by atoms with E-state index in [1.54, 1.807) is 7.11 Å². The maximum atomic E-state index is 12.9. The minimum atomic E-state index is 0.0519. The van der Waals surface area contributed by atoms with Crippen LogP contribution in [0.5, 0.6) is 0 Å². The highest BCUT2D eigenvalue weighted by atomic mass is 16.5. The van der Waals surface area contributed by atoms with E-state index < -0.39 is 0 Å². The Morgan fingerprint density at radius 1 is 1.08 bits per heavy atom. The van der Waals surface area contributed by atoms with E-state index in [0.29, 0.717) is 13.2 Å². The van der Waals surface area contributed by atoms with E-state index >= 15 is 0 Å². The number of aryl methyl sites for hydroxylation is 2. The maximum absolute atomic E-state index is 12.9. The van der Waals surface area contributed by atoms with Crippen LogP contribution < -0.4 is 0 Å². The summed E-state index contributed by atoms with van der Waals surface area (Å²) < 4.78 is 5.33. The standard InChI is InChI=1S/C22H27NO2/c1-4-16-10-11-18(14-17(16)5-2)21(12-13-25-3)23-15-19-8-6-7-9-20(19)22(23)24/h6-11,14,21H,4-5,12-13,15H2,1-3H3. The van der Waals surface area contributed by atoms with E-state index in [4.69, 9.17) is 4.74 Å². The highest BCUT2D eigenvalue weighted by Crippen LogP contribution is 2.34. The summed E-state index contributed by atoms with van der Waals surface area (Å²) in [6, 6.07) is 14.7. The number of hydrogen-bond donors (Lipinski definition) is 0. The van der Waals surface area contributed by atoms with Crippen LogP contribution in [-0.2, 0) is 24.1 Å². The number of methoxy groups -OCH3 is 1. The van der Waals surface area contributed by atoms with E-state index in [1.807, 2.05) is 23.1 Å². The number of rotatable bonds is 7. The molecule has 1 aliphatic heterocycles. The van der Waals surface area contributed by atoms with Crippen LogP contribution in [0.3, 0.4) is 0 Å². The van der Waals surface area contributed by atoms with Crippen LogP contribution in [0.1, 0.15) is 58.9 Å². The zero-order valence-electron chi connectivity index (χ0n) is 15.4. The summed E-state index contributed by atoms with van der Waals surface area (Å²) in [4.78, 5) is 14.9. The molecule has 1 aliphatic rings. The maximum Gasteiger partial charge on any atom is 0.255 e. The van der Waals surface area contributed by atoms with Crippen LogP contribution in [0.2, 0.25) is 0 Å². The molecule has 0 bridgehead atoms. The zero-order chi connectivity index (χ0) is 17.8. The average Bonchev–Trinajstić information content (AvgIpc) is 2.99. The molecule has 0 saturated heterocycles. The highest BCUT2D eigenvalue weighted by Gasteiger charge is 2.33. The summed E-state index contributed by atoms with van der Waals surface area (Å²) in [6.45, 7) is 5.71. The predicted molar refractivity (Wildman–Crippen MR) is 101 cm³/mol. The third kappa shape index (κ3) is 3.47. The fourth-order valence-corrected chi connectivity index (χ4v) is 3.79. The topological polar surface area (TPSA) is 29.5 Å². The molecule has 0 fully saturated rings. The molecule has 3 rings (SSSR count). The van der Waals surface area contributed by atoms with E-state index in [9.17, 15) is 4.79 Å². The number of carbonyl (C=O) groups is 1. The molecule has 132 valence electrons. The number of benzene rings is 2. The predicted octanol–water partition coefficient (Wildman–Crippen LogP) is 4.55. The molecule has 0 spiro atoms. The van der Waals surface area contributed by atoms with Gasteiger partial charge < -0.3 is 9.64 Å². The summed E-state index contributed by atoms with van der Waals surface area (Å²) in [5.74, 6) is 0.134. The minimum absolute atomic E-state index is 0.0519. The van der Waals surface area contributed by atoms with Gasteiger partial charge >= 0.3 is 0 Å². The number of nitrogens with zero attached hydrogens (tertiary/aromatic N) is 1. The molecule has 0 radical (unpaired) electrons. The lowest BCUT2D eigenvalue weighted by atomic mass is 9.94. The van der Waals surface area contributed by atoms with Gasteiger partial charge in [-0.1, -0.05) is 50.2 Å². The number of amides is 1. The Kier molecular flexibility index (Phi) is 5.54. The Morgan fingerprint density at radius 2 is 1.84 bits per heavy atom. The van der Waals surface area contributed by atoms with Gasteiger partial charge in [0.05, 0.1) is 6.04 Å². The van der Waals surface area contributed by atoms with Crippen molar-refractivity contribution in [2.75, 3.05) is 13.7 Å². The quantitative estimate of drug-likeness (QED) is 0.742. The van der Waals surface area contributed by atoms with Crippen molar-refractivity contribution in [2.24, 2.45) is 0 Å². The van der Waals surface area contributed by atoms with Crippen molar-refractivity contribution < 1.29 is 9.53 Å². The van der Waals surface area contributed by atoms with Crippen LogP contribution in [0.25, 0.3) is 0 Å². The second kappa shape index (κ2) is 7.83. The molecular formula is C22H27NO2. The molecule has 1 unspecified atom stereocenters. The highest BCUT2D eigenvalue weighted by molar-refractivity contribution is 5.98. The first-order valence-corrected chi connectivity index (χ1v) is 9.19. The van der Waals surface area contributed by atoms with Gasteiger partial charge in [-0.3, -0.25) is 4.79 Å². The second-order valence-corrected chi connectivity index (χ2v) is 6.62. The monoisotopic (exact) mass is 337 g/mol. The van der Waals surface area contributed by atoms with Gasteiger partial charge in [-0.05, 0) is 47.6 Å². The summed E-state index contributed by atoms with van der Waals surface area (Å²) in [5.41, 5.74) is 5.95. The zero-order valence-corrected chi connectivity index (χ0v) is 15.4. The summed E-state index contributed by atoms with van der Waals surface area (Å²) in [5, 5.41) is 0. The first kappa shape index (κ1) is 17.7. The fourth-order valence-electron chi connectivity index (χ4n) is 3.79. The molecule has 3 nitrogen and oxygen atoms in total. The third-order valence-electron chi connectivity index (χ3n) is 5.20. The smallest absolute Gasteiger partial charge is 0.255 e. The minimum Gasteiger partial charge on any atom is -0.385 e. The molecule has 0 aromatic heterocycles. The van der Waals surface area contributed by atoms with Crippen molar-refractivity contribution in [3.05, 3.63) is 70.3 Å². The Balaban J connectivity index is 1.95. The molecule has 2 aromatic rings. The van der Waals surface area contributed by atoms with E-state index in [2.05, 4.69) is 38.1 Å². The average molecular weight is 337 g/mol. The van der Waals surface area contributed by atoms with Crippen molar-refractivity contribution in [1.82, 2.24) is 4.90 Å². The van der Waals surface area contributed by atoms with E-state index in [0.717, 1.165) is 30.4 Å². The van der Waals surface area contributed by atoms with Crippen LogP contribution in [-0.4, -0.2) is 24.5 Å². The molecule has 1 heterocycles. The Hall–Kier alpha value is -2.13. The lowest BCUT2D eigenvalue weighted by molar-refractivity contribution is 0.0653. The van der Waals surface area contributed by atoms with Gasteiger partial charge in [-0.2, -0.15) is 0 Å². The van der Waals surface area contributed by atoms with Crippen molar-refractivity contribution >= 4 is 5.91 Å². The van der Waals surface area contributed by atoms with Crippen LogP contribution in [0, 0.1) is 0 Å². The second-order valence-electron chi connectivity index (χ2n) is 6.62. The van der Waals surface area contributed by atoms with Crippen LogP contribution in [0.15, 0.2) is 42.5 Å². The van der Waals surface area contributed by atoms with Gasteiger partial charge in [0.1, 0.15) is 0 Å². The lowest BCUT2D eigenvalue weighted by Gasteiger charge is -2.29. The Bertz CT molecular complexity index is 753. The fraction of sp³-hybridized carbons (Fsp3) is 0.409. The Morgan fingerprint density at radius 3 is 2.52 bits per heavy atom. The van der Waals surface area contributed by atoms with Crippen LogP contribution in [0.4, 0.5) is 0 Å². The summed E-state index contributed by atoms with van der Waals surface area (Å²) in [7, 11) is 1.72. The number of fused-ring (bicyclic) bond motifs is 1. The molecule has 1 amide bonds. The first-order valence-electron chi connectivity index (χ1n) is 9.19. The van der Waals surface area contributed by atoms with E-state index in [1.165, 1.54) is 16.7 Å². The van der Waals surface area contributed by atoms with Gasteiger partial charge in [0.25, 0.3) is 5.91 Å². The van der Waals surface area contributed by atoms with Crippen molar-refractivity contribution in [3.63, 3.8) is 0 Å².